The number of urea groups is 1. The van der Waals surface area contributed by atoms with Crippen LogP contribution in [0.3, 0.4) is 0 Å². The number of halogens is 2. The second kappa shape index (κ2) is 8.39. The second-order valence-electron chi connectivity index (χ2n) is 4.96. The molecule has 4 nitrogen and oxygen atoms in total. The molecule has 0 radical (unpaired) electrons. The van der Waals surface area contributed by atoms with Gasteiger partial charge in [0.25, 0.3) is 0 Å². The van der Waals surface area contributed by atoms with Gasteiger partial charge in [0.1, 0.15) is 18.2 Å². The van der Waals surface area contributed by atoms with Crippen LogP contribution in [0.25, 0.3) is 0 Å². The van der Waals surface area contributed by atoms with E-state index in [9.17, 15) is 9.18 Å². The third kappa shape index (κ3) is 5.45. The molecule has 0 fully saturated rings. The second-order valence-corrected chi connectivity index (χ2v) is 5.40. The molecule has 2 aromatic carbocycles. The first kappa shape index (κ1) is 17.1. The van der Waals surface area contributed by atoms with Gasteiger partial charge in [0.05, 0.1) is 6.54 Å². The van der Waals surface area contributed by atoms with Crippen molar-refractivity contribution in [1.29, 1.82) is 0 Å². The lowest BCUT2D eigenvalue weighted by atomic mass is 10.2. The summed E-state index contributed by atoms with van der Waals surface area (Å²) in [6, 6.07) is 11.3. The van der Waals surface area contributed by atoms with Crippen molar-refractivity contribution < 1.29 is 13.9 Å². The Morgan fingerprint density at radius 3 is 2.74 bits per heavy atom. The van der Waals surface area contributed by atoms with Gasteiger partial charge in [-0.05, 0) is 36.8 Å². The van der Waals surface area contributed by atoms with E-state index in [1.165, 1.54) is 6.07 Å². The lowest BCUT2D eigenvalue weighted by molar-refractivity contribution is 0.236. The summed E-state index contributed by atoms with van der Waals surface area (Å²) in [5.74, 6) is 0.386. The summed E-state index contributed by atoms with van der Waals surface area (Å²) in [4.78, 5) is 11.6. The van der Waals surface area contributed by atoms with E-state index in [1.54, 1.807) is 30.3 Å². The molecular formula is C17H18ClFN2O2. The normalized spacial score (nSPS) is 10.2. The SMILES string of the molecule is Cc1cc(Cl)ccc1OCCNC(=O)NCc1ccccc1F. The van der Waals surface area contributed by atoms with Crippen molar-refractivity contribution in [1.82, 2.24) is 10.6 Å². The molecular weight excluding hydrogens is 319 g/mol. The Labute approximate surface area is 139 Å². The van der Waals surface area contributed by atoms with Gasteiger partial charge in [-0.2, -0.15) is 0 Å². The van der Waals surface area contributed by atoms with Crippen molar-refractivity contribution in [3.63, 3.8) is 0 Å². The maximum atomic E-state index is 13.4. The van der Waals surface area contributed by atoms with Crippen LogP contribution in [0.5, 0.6) is 5.75 Å². The van der Waals surface area contributed by atoms with Crippen molar-refractivity contribution >= 4 is 17.6 Å². The standard InChI is InChI=1S/C17H18ClFN2O2/c1-12-10-14(18)6-7-16(12)23-9-8-20-17(22)21-11-13-4-2-3-5-15(13)19/h2-7,10H,8-9,11H2,1H3,(H2,20,21,22). The number of hydrogen-bond donors (Lipinski definition) is 2. The highest BCUT2D eigenvalue weighted by molar-refractivity contribution is 6.30. The van der Waals surface area contributed by atoms with Crippen LogP contribution in [0.2, 0.25) is 5.02 Å². The number of benzene rings is 2. The summed E-state index contributed by atoms with van der Waals surface area (Å²) in [6.45, 7) is 2.70. The minimum absolute atomic E-state index is 0.135. The number of aryl methyl sites for hydroxylation is 1. The Bertz CT molecular complexity index is 679. The third-order valence-electron chi connectivity index (χ3n) is 3.18. The van der Waals surface area contributed by atoms with Crippen molar-refractivity contribution in [2.45, 2.75) is 13.5 Å². The van der Waals surface area contributed by atoms with E-state index >= 15 is 0 Å². The maximum Gasteiger partial charge on any atom is 0.315 e. The summed E-state index contributed by atoms with van der Waals surface area (Å²) in [7, 11) is 0. The Morgan fingerprint density at radius 1 is 1.22 bits per heavy atom. The van der Waals surface area contributed by atoms with Gasteiger partial charge in [0, 0.05) is 17.1 Å². The Morgan fingerprint density at radius 2 is 2.00 bits per heavy atom. The quantitative estimate of drug-likeness (QED) is 0.791. The van der Waals surface area contributed by atoms with Crippen molar-refractivity contribution in [3.8, 4) is 5.75 Å². The van der Waals surface area contributed by atoms with E-state index in [2.05, 4.69) is 10.6 Å². The highest BCUT2D eigenvalue weighted by Gasteiger charge is 2.04. The van der Waals surface area contributed by atoms with E-state index in [0.29, 0.717) is 23.7 Å². The number of ether oxygens (including phenoxy) is 1. The topological polar surface area (TPSA) is 50.4 Å². The fourth-order valence-electron chi connectivity index (χ4n) is 1.98. The molecule has 0 aromatic heterocycles. The van der Waals surface area contributed by atoms with E-state index in [1.807, 2.05) is 13.0 Å². The molecule has 0 unspecified atom stereocenters. The van der Waals surface area contributed by atoms with Crippen LogP contribution in [0, 0.1) is 12.7 Å². The molecule has 0 heterocycles. The van der Waals surface area contributed by atoms with Crippen LogP contribution in [-0.2, 0) is 6.54 Å². The van der Waals surface area contributed by atoms with Gasteiger partial charge in [-0.3, -0.25) is 0 Å². The van der Waals surface area contributed by atoms with E-state index in [0.717, 1.165) is 11.3 Å². The fraction of sp³-hybridized carbons (Fsp3) is 0.235. The average molecular weight is 337 g/mol. The van der Waals surface area contributed by atoms with Crippen LogP contribution in [0.4, 0.5) is 9.18 Å². The molecule has 122 valence electrons. The zero-order chi connectivity index (χ0) is 16.7. The van der Waals surface area contributed by atoms with Gasteiger partial charge in [0.2, 0.25) is 0 Å². The molecule has 0 bridgehead atoms. The molecule has 0 aliphatic carbocycles. The summed E-state index contributed by atoms with van der Waals surface area (Å²) in [5.41, 5.74) is 1.37. The third-order valence-corrected chi connectivity index (χ3v) is 3.41. The summed E-state index contributed by atoms with van der Waals surface area (Å²) >= 11 is 5.87. The zero-order valence-corrected chi connectivity index (χ0v) is 13.5. The maximum absolute atomic E-state index is 13.4. The molecule has 2 rings (SSSR count). The molecule has 0 atom stereocenters. The predicted molar refractivity (Wildman–Crippen MR) is 88.3 cm³/mol. The molecule has 23 heavy (non-hydrogen) atoms. The predicted octanol–water partition coefficient (Wildman–Crippen LogP) is 3.67. The van der Waals surface area contributed by atoms with E-state index in [-0.39, 0.29) is 18.4 Å². The highest BCUT2D eigenvalue weighted by Crippen LogP contribution is 2.21. The molecule has 0 aliphatic heterocycles. The number of hydrogen-bond acceptors (Lipinski definition) is 2. The van der Waals surface area contributed by atoms with Crippen molar-refractivity contribution in [3.05, 3.63) is 64.4 Å². The number of amides is 2. The molecule has 2 amide bonds. The first-order chi connectivity index (χ1) is 11.1. The minimum atomic E-state index is -0.371. The zero-order valence-electron chi connectivity index (χ0n) is 12.7. The number of nitrogens with one attached hydrogen (secondary N) is 2. The van der Waals surface area contributed by atoms with Crippen LogP contribution < -0.4 is 15.4 Å². The van der Waals surface area contributed by atoms with Gasteiger partial charge in [-0.1, -0.05) is 29.8 Å². The van der Waals surface area contributed by atoms with E-state index < -0.39 is 0 Å². The van der Waals surface area contributed by atoms with Crippen LogP contribution in [-0.4, -0.2) is 19.2 Å². The smallest absolute Gasteiger partial charge is 0.315 e. The number of rotatable bonds is 6. The molecule has 0 saturated heterocycles. The van der Waals surface area contributed by atoms with Gasteiger partial charge in [0.15, 0.2) is 0 Å². The van der Waals surface area contributed by atoms with Crippen LogP contribution in [0.1, 0.15) is 11.1 Å². The minimum Gasteiger partial charge on any atom is -0.491 e. The Hall–Kier alpha value is -2.27. The first-order valence-electron chi connectivity index (χ1n) is 7.20. The number of carbonyl (C=O) groups is 1. The molecule has 2 N–H and O–H groups in total. The average Bonchev–Trinajstić information content (AvgIpc) is 2.52. The van der Waals surface area contributed by atoms with Crippen LogP contribution in [0.15, 0.2) is 42.5 Å². The number of carbonyl (C=O) groups excluding carboxylic acids is 1. The van der Waals surface area contributed by atoms with Crippen molar-refractivity contribution in [2.75, 3.05) is 13.2 Å². The van der Waals surface area contributed by atoms with Gasteiger partial charge >= 0.3 is 6.03 Å². The summed E-state index contributed by atoms with van der Waals surface area (Å²) in [5, 5.41) is 5.90. The Balaban J connectivity index is 1.68. The largest absolute Gasteiger partial charge is 0.491 e. The summed E-state index contributed by atoms with van der Waals surface area (Å²) in [6.07, 6.45) is 0. The highest BCUT2D eigenvalue weighted by atomic mass is 35.5. The van der Waals surface area contributed by atoms with Gasteiger partial charge < -0.3 is 15.4 Å². The molecule has 6 heteroatoms. The molecule has 0 aliphatic rings. The molecule has 0 saturated carbocycles. The van der Waals surface area contributed by atoms with E-state index in [4.69, 9.17) is 16.3 Å². The lowest BCUT2D eigenvalue weighted by Gasteiger charge is -2.11. The summed E-state index contributed by atoms with van der Waals surface area (Å²) < 4.78 is 19.0. The molecule has 0 spiro atoms. The Kier molecular flexibility index (Phi) is 6.23. The molecule has 2 aromatic rings. The van der Waals surface area contributed by atoms with Gasteiger partial charge in [-0.25, -0.2) is 9.18 Å². The van der Waals surface area contributed by atoms with Crippen molar-refractivity contribution in [2.24, 2.45) is 0 Å². The fourth-order valence-corrected chi connectivity index (χ4v) is 2.21. The van der Waals surface area contributed by atoms with Gasteiger partial charge in [-0.15, -0.1) is 0 Å². The first-order valence-corrected chi connectivity index (χ1v) is 7.58. The van der Waals surface area contributed by atoms with Crippen LogP contribution >= 0.6 is 11.6 Å². The lowest BCUT2D eigenvalue weighted by Crippen LogP contribution is -2.37. The monoisotopic (exact) mass is 336 g/mol.